The summed E-state index contributed by atoms with van der Waals surface area (Å²) >= 11 is 0. The third-order valence-electron chi connectivity index (χ3n) is 4.39. The summed E-state index contributed by atoms with van der Waals surface area (Å²) in [6.07, 6.45) is 3.04. The van der Waals surface area contributed by atoms with Crippen LogP contribution in [-0.2, 0) is 6.42 Å². The van der Waals surface area contributed by atoms with Crippen LogP contribution < -0.4 is 5.32 Å². The normalized spacial score (nSPS) is 18.6. The lowest BCUT2D eigenvalue weighted by Gasteiger charge is -2.34. The maximum Gasteiger partial charge on any atom is 0.162 e. The van der Waals surface area contributed by atoms with Gasteiger partial charge in [0.05, 0.1) is 0 Å². The molecule has 0 heterocycles. The quantitative estimate of drug-likeness (QED) is 0.823. The summed E-state index contributed by atoms with van der Waals surface area (Å²) in [5, 5.41) is 3.52. The molecule has 1 N–H and O–H groups in total. The molecule has 1 fully saturated rings. The highest BCUT2D eigenvalue weighted by atomic mass is 19.2. The molecule has 1 aliphatic carbocycles. The van der Waals surface area contributed by atoms with E-state index in [1.54, 1.807) is 12.1 Å². The first-order valence-corrected chi connectivity index (χ1v) is 7.08. The monoisotopic (exact) mass is 267 g/mol. The van der Waals surface area contributed by atoms with Crippen LogP contribution in [0.25, 0.3) is 0 Å². The van der Waals surface area contributed by atoms with E-state index in [0.29, 0.717) is 23.9 Å². The van der Waals surface area contributed by atoms with Gasteiger partial charge in [0.15, 0.2) is 11.6 Å². The van der Waals surface area contributed by atoms with Gasteiger partial charge in [-0.05, 0) is 42.2 Å². The Balaban J connectivity index is 2.12. The highest BCUT2D eigenvalue weighted by molar-refractivity contribution is 5.20. The molecule has 0 radical (unpaired) electrons. The lowest BCUT2D eigenvalue weighted by molar-refractivity contribution is 0.204. The molecule has 1 unspecified atom stereocenters. The molecule has 1 aromatic carbocycles. The Morgan fingerprint density at radius 3 is 2.58 bits per heavy atom. The number of hydrogen-bond donors (Lipinski definition) is 1. The summed E-state index contributed by atoms with van der Waals surface area (Å²) in [7, 11) is 0. The maximum atomic E-state index is 13.8. The van der Waals surface area contributed by atoms with Crippen molar-refractivity contribution in [3.63, 3.8) is 0 Å². The highest BCUT2D eigenvalue weighted by Gasteiger charge is 2.32. The van der Waals surface area contributed by atoms with Crippen LogP contribution >= 0.6 is 0 Å². The zero-order chi connectivity index (χ0) is 14.0. The van der Waals surface area contributed by atoms with Crippen LogP contribution in [0.5, 0.6) is 0 Å². The largest absolute Gasteiger partial charge is 0.313 e. The van der Waals surface area contributed by atoms with E-state index < -0.39 is 11.6 Å². The van der Waals surface area contributed by atoms with E-state index in [0.717, 1.165) is 6.54 Å². The molecule has 0 amide bonds. The third kappa shape index (κ3) is 3.53. The van der Waals surface area contributed by atoms with Crippen molar-refractivity contribution in [1.29, 1.82) is 0 Å². The first-order valence-electron chi connectivity index (χ1n) is 7.08. The summed E-state index contributed by atoms with van der Waals surface area (Å²) < 4.78 is 27.1. The minimum atomic E-state index is -0.751. The zero-order valence-corrected chi connectivity index (χ0v) is 12.0. The van der Waals surface area contributed by atoms with Gasteiger partial charge in [-0.1, -0.05) is 32.9 Å². The molecule has 1 aliphatic rings. The van der Waals surface area contributed by atoms with Crippen molar-refractivity contribution < 1.29 is 8.78 Å². The van der Waals surface area contributed by atoms with Gasteiger partial charge in [0.2, 0.25) is 0 Å². The smallest absolute Gasteiger partial charge is 0.162 e. The van der Waals surface area contributed by atoms with Gasteiger partial charge >= 0.3 is 0 Å². The van der Waals surface area contributed by atoms with Crippen molar-refractivity contribution in [3.8, 4) is 0 Å². The van der Waals surface area contributed by atoms with Crippen LogP contribution in [0.15, 0.2) is 18.2 Å². The van der Waals surface area contributed by atoms with Crippen molar-refractivity contribution in [2.75, 3.05) is 6.54 Å². The fourth-order valence-corrected chi connectivity index (χ4v) is 2.26. The molecule has 1 atom stereocenters. The fraction of sp³-hybridized carbons (Fsp3) is 0.625. The molecule has 0 aliphatic heterocycles. The van der Waals surface area contributed by atoms with Crippen LogP contribution in [0.4, 0.5) is 8.78 Å². The molecule has 1 nitrogen and oxygen atoms in total. The van der Waals surface area contributed by atoms with Crippen molar-refractivity contribution in [1.82, 2.24) is 5.32 Å². The lowest BCUT2D eigenvalue weighted by atomic mass is 9.74. The molecule has 106 valence electrons. The van der Waals surface area contributed by atoms with E-state index in [4.69, 9.17) is 0 Å². The number of benzene rings is 1. The Morgan fingerprint density at radius 1 is 1.32 bits per heavy atom. The second-order valence-corrected chi connectivity index (χ2v) is 6.35. The second-order valence-electron chi connectivity index (χ2n) is 6.35. The van der Waals surface area contributed by atoms with Crippen LogP contribution in [-0.4, -0.2) is 12.6 Å². The molecule has 19 heavy (non-hydrogen) atoms. The average molecular weight is 267 g/mol. The van der Waals surface area contributed by atoms with Gasteiger partial charge in [-0.2, -0.15) is 0 Å². The van der Waals surface area contributed by atoms with E-state index in [2.05, 4.69) is 26.1 Å². The van der Waals surface area contributed by atoms with E-state index >= 15 is 0 Å². The fourth-order valence-electron chi connectivity index (χ4n) is 2.26. The highest BCUT2D eigenvalue weighted by Crippen LogP contribution is 2.33. The van der Waals surface area contributed by atoms with Gasteiger partial charge in [0.1, 0.15) is 0 Å². The summed E-state index contributed by atoms with van der Waals surface area (Å²) in [5.41, 5.74) is 0.422. The molecular formula is C16H23F2N. The van der Waals surface area contributed by atoms with Crippen LogP contribution in [0.3, 0.4) is 0 Å². The molecule has 3 heteroatoms. The maximum absolute atomic E-state index is 13.8. The van der Waals surface area contributed by atoms with Crippen molar-refractivity contribution in [3.05, 3.63) is 35.4 Å². The van der Waals surface area contributed by atoms with Crippen molar-refractivity contribution in [2.24, 2.45) is 11.3 Å². The molecule has 0 saturated heterocycles. The molecule has 1 saturated carbocycles. The molecule has 1 aromatic rings. The Bertz CT molecular complexity index is 440. The first kappa shape index (κ1) is 14.4. The van der Waals surface area contributed by atoms with E-state index in [1.165, 1.54) is 18.9 Å². The Kier molecular flexibility index (Phi) is 4.24. The Labute approximate surface area is 114 Å². The summed E-state index contributed by atoms with van der Waals surface area (Å²) in [4.78, 5) is 0. The lowest BCUT2D eigenvalue weighted by Crippen LogP contribution is -2.39. The van der Waals surface area contributed by atoms with Gasteiger partial charge < -0.3 is 5.32 Å². The molecule has 0 bridgehead atoms. The molecule has 0 aromatic heterocycles. The molecule has 2 rings (SSSR count). The third-order valence-corrected chi connectivity index (χ3v) is 4.39. The standard InChI is InChI=1S/C16H23F2N/c1-11(2)16(3,10-19-13-7-8-13)9-12-5-4-6-14(17)15(12)18/h4-6,11,13,19H,7-10H2,1-3H3. The van der Waals surface area contributed by atoms with Gasteiger partial charge in [-0.25, -0.2) is 8.78 Å². The van der Waals surface area contributed by atoms with Gasteiger partial charge in [-0.15, -0.1) is 0 Å². The predicted molar refractivity (Wildman–Crippen MR) is 74.0 cm³/mol. The van der Waals surface area contributed by atoms with Gasteiger partial charge in [0, 0.05) is 12.6 Å². The van der Waals surface area contributed by atoms with Gasteiger partial charge in [-0.3, -0.25) is 0 Å². The molecular weight excluding hydrogens is 244 g/mol. The summed E-state index contributed by atoms with van der Waals surface area (Å²) in [6.45, 7) is 7.29. The van der Waals surface area contributed by atoms with Gasteiger partial charge in [0.25, 0.3) is 0 Å². The SMILES string of the molecule is CC(C)C(C)(CNC1CC1)Cc1cccc(F)c1F. The van der Waals surface area contributed by atoms with Crippen LogP contribution in [0.2, 0.25) is 0 Å². The number of rotatable bonds is 6. The zero-order valence-electron chi connectivity index (χ0n) is 12.0. The second kappa shape index (κ2) is 5.58. The minimum absolute atomic E-state index is 0.0583. The van der Waals surface area contributed by atoms with Crippen molar-refractivity contribution in [2.45, 2.75) is 46.1 Å². The van der Waals surface area contributed by atoms with E-state index in [1.807, 2.05) is 0 Å². The number of nitrogens with one attached hydrogen (secondary N) is 1. The van der Waals surface area contributed by atoms with Crippen molar-refractivity contribution >= 4 is 0 Å². The van der Waals surface area contributed by atoms with Crippen LogP contribution in [0.1, 0.15) is 39.2 Å². The first-order chi connectivity index (χ1) is 8.92. The number of hydrogen-bond acceptors (Lipinski definition) is 1. The predicted octanol–water partition coefficient (Wildman–Crippen LogP) is 3.92. The Morgan fingerprint density at radius 2 is 2.00 bits per heavy atom. The van der Waals surface area contributed by atoms with E-state index in [9.17, 15) is 8.78 Å². The van der Waals surface area contributed by atoms with E-state index in [-0.39, 0.29) is 5.41 Å². The average Bonchev–Trinajstić information content (AvgIpc) is 3.16. The molecule has 0 spiro atoms. The minimum Gasteiger partial charge on any atom is -0.313 e. The topological polar surface area (TPSA) is 12.0 Å². The summed E-state index contributed by atoms with van der Waals surface area (Å²) in [5.74, 6) is -1.04. The number of halogens is 2. The van der Waals surface area contributed by atoms with Crippen LogP contribution in [0, 0.1) is 23.0 Å². The summed E-state index contributed by atoms with van der Waals surface area (Å²) in [6, 6.07) is 5.09. The Hall–Kier alpha value is -0.960.